The van der Waals surface area contributed by atoms with Gasteiger partial charge in [-0.25, -0.2) is 0 Å². The zero-order valence-corrected chi connectivity index (χ0v) is 13.3. The molecular formula is C19H21N4+. The second-order valence-corrected chi connectivity index (χ2v) is 5.54. The molecule has 116 valence electrons. The lowest BCUT2D eigenvalue weighted by atomic mass is 10.2. The fourth-order valence-corrected chi connectivity index (χ4v) is 2.47. The van der Waals surface area contributed by atoms with Gasteiger partial charge >= 0.3 is 0 Å². The summed E-state index contributed by atoms with van der Waals surface area (Å²) in [6.45, 7) is 7.61. The largest absolute Gasteiger partial charge is 0.347 e. The molecule has 0 saturated heterocycles. The maximum Gasteiger partial charge on any atom is 0.215 e. The molecule has 0 bridgehead atoms. The maximum atomic E-state index is 4.59. The minimum atomic E-state index is 0.734. The summed E-state index contributed by atoms with van der Waals surface area (Å²) in [6, 6.07) is 20.6. The van der Waals surface area contributed by atoms with Crippen LogP contribution < -0.4 is 10.00 Å². The normalized spacial score (nSPS) is 10.5. The van der Waals surface area contributed by atoms with Crippen LogP contribution in [0.4, 0.5) is 0 Å². The van der Waals surface area contributed by atoms with E-state index in [9.17, 15) is 0 Å². The second kappa shape index (κ2) is 6.92. The fourth-order valence-electron chi connectivity index (χ4n) is 2.47. The van der Waals surface area contributed by atoms with Gasteiger partial charge in [0.05, 0.1) is 5.21 Å². The van der Waals surface area contributed by atoms with Crippen molar-refractivity contribution in [2.45, 2.75) is 20.0 Å². The van der Waals surface area contributed by atoms with Gasteiger partial charge < -0.3 is 5.32 Å². The van der Waals surface area contributed by atoms with Crippen molar-refractivity contribution in [1.29, 1.82) is 0 Å². The van der Waals surface area contributed by atoms with Crippen LogP contribution in [0.2, 0.25) is 0 Å². The van der Waals surface area contributed by atoms with Gasteiger partial charge in [0.2, 0.25) is 5.82 Å². The Labute approximate surface area is 136 Å². The number of hydrogen-bond acceptors (Lipinski definition) is 2. The van der Waals surface area contributed by atoms with Crippen LogP contribution in [0.3, 0.4) is 0 Å². The Morgan fingerprint density at radius 2 is 1.65 bits per heavy atom. The van der Waals surface area contributed by atoms with Crippen LogP contribution in [0, 0.1) is 6.92 Å². The Bertz CT molecular complexity index is 776. The van der Waals surface area contributed by atoms with Gasteiger partial charge in [0.1, 0.15) is 6.54 Å². The van der Waals surface area contributed by atoms with Crippen molar-refractivity contribution in [3.8, 4) is 0 Å². The van der Waals surface area contributed by atoms with Crippen molar-refractivity contribution in [3.05, 3.63) is 90.3 Å². The molecule has 1 aromatic heterocycles. The Morgan fingerprint density at radius 1 is 1.04 bits per heavy atom. The van der Waals surface area contributed by atoms with E-state index in [2.05, 4.69) is 41.4 Å². The first kappa shape index (κ1) is 15.0. The Kier molecular flexibility index (Phi) is 4.52. The highest BCUT2D eigenvalue weighted by Crippen LogP contribution is 2.04. The first-order valence-electron chi connectivity index (χ1n) is 7.70. The van der Waals surface area contributed by atoms with Gasteiger partial charge in [-0.05, 0) is 17.7 Å². The summed E-state index contributed by atoms with van der Waals surface area (Å²) in [4.78, 5) is 0. The molecule has 0 amide bonds. The topological polar surface area (TPSA) is 33.7 Å². The van der Waals surface area contributed by atoms with E-state index in [-0.39, 0.29) is 0 Å². The number of benzene rings is 2. The van der Waals surface area contributed by atoms with Gasteiger partial charge in [-0.2, -0.15) is 0 Å². The standard InChI is InChI=1S/C19H21N4/c1-16-14-22(15-19-11-7-4-8-12-19)21-23(16)17(2)20-13-18-9-5-3-6-10-18/h3-12,14,20H,2,13,15H2,1H3/q+1. The molecule has 0 aliphatic carbocycles. The number of nitrogens with zero attached hydrogens (tertiary/aromatic N) is 3. The molecule has 3 aromatic rings. The molecule has 3 rings (SSSR count). The molecule has 0 spiro atoms. The number of nitrogens with one attached hydrogen (secondary N) is 1. The molecule has 2 aromatic carbocycles. The van der Waals surface area contributed by atoms with E-state index in [1.807, 2.05) is 58.9 Å². The highest BCUT2D eigenvalue weighted by atomic mass is 15.5. The minimum Gasteiger partial charge on any atom is -0.347 e. The number of aryl methyl sites for hydroxylation is 1. The van der Waals surface area contributed by atoms with E-state index < -0.39 is 0 Å². The van der Waals surface area contributed by atoms with Crippen LogP contribution >= 0.6 is 0 Å². The van der Waals surface area contributed by atoms with E-state index in [4.69, 9.17) is 0 Å². The molecule has 0 aliphatic rings. The summed E-state index contributed by atoms with van der Waals surface area (Å²) in [7, 11) is 0. The third-order valence-electron chi connectivity index (χ3n) is 3.66. The van der Waals surface area contributed by atoms with Gasteiger partial charge in [-0.15, -0.1) is 4.68 Å². The molecule has 0 unspecified atom stereocenters. The van der Waals surface area contributed by atoms with Gasteiger partial charge in [0, 0.05) is 13.5 Å². The van der Waals surface area contributed by atoms with Gasteiger partial charge in [-0.3, -0.25) is 0 Å². The van der Waals surface area contributed by atoms with E-state index in [0.29, 0.717) is 0 Å². The molecule has 0 radical (unpaired) electrons. The molecule has 4 nitrogen and oxygen atoms in total. The van der Waals surface area contributed by atoms with Crippen molar-refractivity contribution in [2.24, 2.45) is 0 Å². The van der Waals surface area contributed by atoms with Crippen LogP contribution in [-0.2, 0) is 13.1 Å². The molecule has 23 heavy (non-hydrogen) atoms. The van der Waals surface area contributed by atoms with Crippen molar-refractivity contribution < 1.29 is 4.68 Å². The molecule has 0 saturated carbocycles. The third-order valence-corrected chi connectivity index (χ3v) is 3.66. The van der Waals surface area contributed by atoms with Gasteiger partial charge in [0.15, 0.2) is 11.9 Å². The maximum absolute atomic E-state index is 4.59. The van der Waals surface area contributed by atoms with E-state index >= 15 is 0 Å². The predicted octanol–water partition coefficient (Wildman–Crippen LogP) is 2.75. The molecule has 1 heterocycles. The minimum absolute atomic E-state index is 0.734. The Hall–Kier alpha value is -2.88. The zero-order valence-electron chi connectivity index (χ0n) is 13.3. The molecule has 4 heteroatoms. The fraction of sp³-hybridized carbons (Fsp3) is 0.158. The number of rotatable bonds is 6. The van der Waals surface area contributed by atoms with Crippen LogP contribution in [-0.4, -0.2) is 9.90 Å². The van der Waals surface area contributed by atoms with E-state index in [1.54, 1.807) is 0 Å². The van der Waals surface area contributed by atoms with Crippen LogP contribution in [0.1, 0.15) is 16.8 Å². The summed E-state index contributed by atoms with van der Waals surface area (Å²) >= 11 is 0. The Morgan fingerprint density at radius 3 is 2.30 bits per heavy atom. The van der Waals surface area contributed by atoms with Crippen LogP contribution in [0.15, 0.2) is 73.4 Å². The van der Waals surface area contributed by atoms with E-state index in [0.717, 1.165) is 24.6 Å². The van der Waals surface area contributed by atoms with Crippen molar-refractivity contribution in [3.63, 3.8) is 0 Å². The SMILES string of the molecule is C=C(NCc1ccccc1)n1n[n+](Cc2ccccc2)cc1C. The second-order valence-electron chi connectivity index (χ2n) is 5.54. The molecule has 0 atom stereocenters. The lowest BCUT2D eigenvalue weighted by molar-refractivity contribution is -0.747. The summed E-state index contributed by atoms with van der Waals surface area (Å²) in [5.74, 6) is 0.776. The number of aromatic nitrogens is 3. The van der Waals surface area contributed by atoms with Crippen molar-refractivity contribution >= 4 is 5.82 Å². The summed E-state index contributed by atoms with van der Waals surface area (Å²) in [6.07, 6.45) is 2.03. The summed E-state index contributed by atoms with van der Waals surface area (Å²) in [5, 5.41) is 7.91. The molecule has 1 N–H and O–H groups in total. The average molecular weight is 305 g/mol. The monoisotopic (exact) mass is 305 g/mol. The average Bonchev–Trinajstić information content (AvgIpc) is 2.95. The van der Waals surface area contributed by atoms with Crippen molar-refractivity contribution in [2.75, 3.05) is 0 Å². The van der Waals surface area contributed by atoms with Gasteiger partial charge in [0.25, 0.3) is 0 Å². The lowest BCUT2D eigenvalue weighted by Gasteiger charge is -2.05. The third kappa shape index (κ3) is 3.86. The van der Waals surface area contributed by atoms with Gasteiger partial charge in [-0.1, -0.05) is 65.3 Å². The van der Waals surface area contributed by atoms with E-state index in [1.165, 1.54) is 11.1 Å². The predicted molar refractivity (Wildman–Crippen MR) is 91.3 cm³/mol. The van der Waals surface area contributed by atoms with Crippen LogP contribution in [0.5, 0.6) is 0 Å². The summed E-state index contributed by atoms with van der Waals surface area (Å²) < 4.78 is 3.77. The molecular weight excluding hydrogens is 284 g/mol. The highest BCUT2D eigenvalue weighted by molar-refractivity contribution is 5.38. The lowest BCUT2D eigenvalue weighted by Crippen LogP contribution is -2.37. The van der Waals surface area contributed by atoms with Crippen LogP contribution in [0.25, 0.3) is 5.82 Å². The quantitative estimate of drug-likeness (QED) is 0.711. The highest BCUT2D eigenvalue weighted by Gasteiger charge is 2.15. The van der Waals surface area contributed by atoms with Crippen molar-refractivity contribution in [1.82, 2.24) is 15.2 Å². The summed E-state index contributed by atoms with van der Waals surface area (Å²) in [5.41, 5.74) is 3.49. The number of hydrogen-bond donors (Lipinski definition) is 1. The molecule has 0 fully saturated rings. The zero-order chi connectivity index (χ0) is 16.1. The smallest absolute Gasteiger partial charge is 0.215 e. The first-order chi connectivity index (χ1) is 11.2. The molecule has 0 aliphatic heterocycles. The Balaban J connectivity index is 1.67. The first-order valence-corrected chi connectivity index (χ1v) is 7.70.